The molecule has 22 heavy (non-hydrogen) atoms. The lowest BCUT2D eigenvalue weighted by Crippen LogP contribution is -2.46. The van der Waals surface area contributed by atoms with E-state index in [2.05, 4.69) is 4.98 Å². The maximum absolute atomic E-state index is 11.4. The third-order valence-electron chi connectivity index (χ3n) is 2.84. The standard InChI is InChI=1S/C10H14O2S.C4H5ClN4/c1-7-5-8(2)10(9(3)6-7)13(4,11)12;5-3-2-9(7)4(6)1-8-3/h5-6H,1-4H3;1-2,6H,7H2/p+1. The number of nitrogens with zero attached hydrogens (tertiary/aromatic N) is 2. The monoisotopic (exact) mass is 343 g/mol. The van der Waals surface area contributed by atoms with Gasteiger partial charge in [-0.25, -0.2) is 13.4 Å². The molecule has 1 heterocycles. The van der Waals surface area contributed by atoms with E-state index in [1.807, 2.05) is 32.9 Å². The van der Waals surface area contributed by atoms with Crippen molar-refractivity contribution in [3.8, 4) is 0 Å². The molecule has 2 rings (SSSR count). The van der Waals surface area contributed by atoms with Gasteiger partial charge in [0.15, 0.2) is 21.2 Å². The van der Waals surface area contributed by atoms with E-state index in [0.717, 1.165) is 16.7 Å². The third kappa shape index (κ3) is 4.85. The summed E-state index contributed by atoms with van der Waals surface area (Å²) in [5, 5.41) is 0.326. The molecule has 0 fully saturated rings. The highest BCUT2D eigenvalue weighted by molar-refractivity contribution is 7.90. The highest BCUT2D eigenvalue weighted by Gasteiger charge is 2.13. The molecule has 0 spiro atoms. The second-order valence-corrected chi connectivity index (χ2v) is 7.38. The van der Waals surface area contributed by atoms with E-state index in [0.29, 0.717) is 15.9 Å². The van der Waals surface area contributed by atoms with Gasteiger partial charge in [0.2, 0.25) is 0 Å². The Morgan fingerprint density at radius 3 is 2.05 bits per heavy atom. The lowest BCUT2D eigenvalue weighted by Gasteiger charge is -2.08. The first kappa shape index (κ1) is 18.2. The normalized spacial score (nSPS) is 10.8. The molecule has 120 valence electrons. The van der Waals surface area contributed by atoms with Crippen LogP contribution in [0, 0.1) is 20.8 Å². The fraction of sp³-hybridized carbons (Fsp3) is 0.286. The van der Waals surface area contributed by atoms with E-state index in [1.54, 1.807) is 0 Å². The first-order valence-corrected chi connectivity index (χ1v) is 8.65. The maximum Gasteiger partial charge on any atom is 0.314 e. The molecular formula is C14H20ClN4O2S+. The van der Waals surface area contributed by atoms with Gasteiger partial charge in [-0.15, -0.1) is 4.68 Å². The maximum atomic E-state index is 11.4. The van der Waals surface area contributed by atoms with Gasteiger partial charge in [0.25, 0.3) is 0 Å². The number of benzene rings is 1. The smallest absolute Gasteiger partial charge is 0.284 e. The van der Waals surface area contributed by atoms with Crippen molar-refractivity contribution in [3.05, 3.63) is 46.4 Å². The molecule has 0 saturated heterocycles. The predicted octanol–water partition coefficient (Wildman–Crippen LogP) is 1.33. The average Bonchev–Trinajstić information content (AvgIpc) is 2.31. The Balaban J connectivity index is 0.000000235. The van der Waals surface area contributed by atoms with E-state index < -0.39 is 9.84 Å². The second kappa shape index (κ2) is 6.93. The number of rotatable bonds is 1. The van der Waals surface area contributed by atoms with Gasteiger partial charge in [-0.1, -0.05) is 29.3 Å². The van der Waals surface area contributed by atoms with Crippen LogP contribution in [0.1, 0.15) is 16.7 Å². The van der Waals surface area contributed by atoms with Crippen molar-refractivity contribution in [2.45, 2.75) is 25.7 Å². The predicted molar refractivity (Wildman–Crippen MR) is 87.8 cm³/mol. The zero-order valence-corrected chi connectivity index (χ0v) is 14.5. The van der Waals surface area contributed by atoms with Crippen LogP contribution in [-0.4, -0.2) is 19.7 Å². The topological polar surface area (TPSA) is 103 Å². The second-order valence-electron chi connectivity index (χ2n) is 5.04. The lowest BCUT2D eigenvalue weighted by atomic mass is 10.1. The van der Waals surface area contributed by atoms with Crippen LogP contribution in [-0.2, 0) is 9.84 Å². The summed E-state index contributed by atoms with van der Waals surface area (Å²) in [6.07, 6.45) is 4.07. The highest BCUT2D eigenvalue weighted by atomic mass is 35.5. The Kier molecular flexibility index (Phi) is 5.73. The number of anilines is 1. The summed E-state index contributed by atoms with van der Waals surface area (Å²) < 4.78 is 24.0. The number of nitrogen functional groups attached to an aromatic ring is 2. The van der Waals surface area contributed by atoms with Crippen LogP contribution in [0.4, 0.5) is 5.82 Å². The van der Waals surface area contributed by atoms with Crippen LogP contribution in [0.15, 0.2) is 29.4 Å². The summed E-state index contributed by atoms with van der Waals surface area (Å²) in [6.45, 7) is 5.62. The molecule has 1 aromatic carbocycles. The minimum Gasteiger partial charge on any atom is -0.284 e. The van der Waals surface area contributed by atoms with Crippen molar-refractivity contribution in [2.75, 3.05) is 17.8 Å². The van der Waals surface area contributed by atoms with E-state index in [-0.39, 0.29) is 0 Å². The Labute approximate surface area is 135 Å². The molecule has 0 amide bonds. The van der Waals surface area contributed by atoms with Crippen LogP contribution >= 0.6 is 11.6 Å². The largest absolute Gasteiger partial charge is 0.314 e. The molecule has 2 aromatic rings. The van der Waals surface area contributed by atoms with E-state index >= 15 is 0 Å². The molecule has 0 saturated carbocycles. The molecule has 0 aliphatic heterocycles. The SMILES string of the molecule is Cc1cc(C)c(S(C)(=O)=O)c(C)c1.Nc1cnc(Cl)c[n+]1N. The van der Waals surface area contributed by atoms with Crippen LogP contribution < -0.4 is 16.3 Å². The van der Waals surface area contributed by atoms with Gasteiger partial charge in [-0.2, -0.15) is 0 Å². The number of nitrogens with two attached hydrogens (primary N) is 2. The lowest BCUT2D eigenvalue weighted by molar-refractivity contribution is -0.624. The van der Waals surface area contributed by atoms with Crippen LogP contribution in [0.3, 0.4) is 0 Å². The summed E-state index contributed by atoms with van der Waals surface area (Å²) in [5.74, 6) is 5.66. The number of sulfone groups is 1. The highest BCUT2D eigenvalue weighted by Crippen LogP contribution is 2.21. The van der Waals surface area contributed by atoms with E-state index in [9.17, 15) is 8.42 Å². The Hall–Kier alpha value is -1.86. The molecule has 4 N–H and O–H groups in total. The van der Waals surface area contributed by atoms with E-state index in [1.165, 1.54) is 23.3 Å². The van der Waals surface area contributed by atoms with Gasteiger partial charge in [0.1, 0.15) is 6.20 Å². The molecule has 8 heteroatoms. The average molecular weight is 344 g/mol. The van der Waals surface area contributed by atoms with Crippen molar-refractivity contribution in [1.82, 2.24) is 4.98 Å². The summed E-state index contributed by atoms with van der Waals surface area (Å²) in [7, 11) is -3.08. The van der Waals surface area contributed by atoms with Gasteiger partial charge < -0.3 is 0 Å². The zero-order chi connectivity index (χ0) is 17.1. The number of hydrogen-bond donors (Lipinski definition) is 2. The number of aromatic nitrogens is 2. The first-order valence-electron chi connectivity index (χ1n) is 6.38. The number of hydrogen-bond acceptors (Lipinski definition) is 5. The summed E-state index contributed by atoms with van der Waals surface area (Å²) in [5.41, 5.74) is 8.07. The quantitative estimate of drug-likeness (QED) is 0.600. The van der Waals surface area contributed by atoms with Crippen molar-refractivity contribution in [2.24, 2.45) is 0 Å². The molecule has 0 aliphatic rings. The Bertz CT molecular complexity index is 768. The van der Waals surface area contributed by atoms with Gasteiger partial charge >= 0.3 is 5.82 Å². The summed E-state index contributed by atoms with van der Waals surface area (Å²) in [4.78, 5) is 4.15. The molecule has 0 atom stereocenters. The number of aryl methyl sites for hydroxylation is 3. The van der Waals surface area contributed by atoms with Crippen molar-refractivity contribution in [1.29, 1.82) is 0 Å². The Morgan fingerprint density at radius 2 is 1.68 bits per heavy atom. The zero-order valence-electron chi connectivity index (χ0n) is 13.0. The van der Waals surface area contributed by atoms with Gasteiger partial charge in [-0.3, -0.25) is 11.6 Å². The minimum absolute atomic E-state index is 0.326. The van der Waals surface area contributed by atoms with Crippen molar-refractivity contribution >= 4 is 27.3 Å². The molecule has 0 bridgehead atoms. The summed E-state index contributed by atoms with van der Waals surface area (Å²) >= 11 is 5.45. The minimum atomic E-state index is -3.08. The van der Waals surface area contributed by atoms with Crippen LogP contribution in [0.5, 0.6) is 0 Å². The molecule has 0 unspecified atom stereocenters. The summed E-state index contributed by atoms with van der Waals surface area (Å²) in [6, 6.07) is 3.78. The molecular weight excluding hydrogens is 324 g/mol. The van der Waals surface area contributed by atoms with Crippen LogP contribution in [0.2, 0.25) is 5.15 Å². The van der Waals surface area contributed by atoms with Gasteiger partial charge in [0, 0.05) is 6.26 Å². The molecule has 6 nitrogen and oxygen atoms in total. The fourth-order valence-corrected chi connectivity index (χ4v) is 3.61. The van der Waals surface area contributed by atoms with Crippen LogP contribution in [0.25, 0.3) is 0 Å². The van der Waals surface area contributed by atoms with Gasteiger partial charge in [-0.05, 0) is 31.9 Å². The van der Waals surface area contributed by atoms with Crippen molar-refractivity contribution in [3.63, 3.8) is 0 Å². The molecule has 0 aliphatic carbocycles. The molecule has 1 aromatic heterocycles. The number of halogens is 1. The molecule has 0 radical (unpaired) electrons. The third-order valence-corrected chi connectivity index (χ3v) is 4.42. The Morgan fingerprint density at radius 1 is 1.18 bits per heavy atom. The van der Waals surface area contributed by atoms with Gasteiger partial charge in [0.05, 0.1) is 4.90 Å². The first-order chi connectivity index (χ1) is 10.0. The van der Waals surface area contributed by atoms with Crippen molar-refractivity contribution < 1.29 is 13.1 Å². The van der Waals surface area contributed by atoms with E-state index in [4.69, 9.17) is 23.2 Å². The fourth-order valence-electron chi connectivity index (χ4n) is 2.17.